The van der Waals surface area contributed by atoms with Gasteiger partial charge in [-0.3, -0.25) is 0 Å². The fraction of sp³-hybridized carbons (Fsp3) is 0.818. The summed E-state index contributed by atoms with van der Waals surface area (Å²) in [6, 6.07) is -0.906. The van der Waals surface area contributed by atoms with Crippen molar-refractivity contribution in [1.29, 1.82) is 0 Å². The highest BCUT2D eigenvalue weighted by atomic mass is 19.1. The summed E-state index contributed by atoms with van der Waals surface area (Å²) in [4.78, 5) is 22.6. The van der Waals surface area contributed by atoms with Crippen molar-refractivity contribution in [3.05, 3.63) is 0 Å². The number of alkyl halides is 1. The number of alkyl carbamates (subject to hydrolysis) is 1. The summed E-state index contributed by atoms with van der Waals surface area (Å²) >= 11 is 0. The van der Waals surface area contributed by atoms with Crippen LogP contribution in [0.4, 0.5) is 9.18 Å². The SMILES string of the molecule is CCCC(F)OC(=O)NC(CCOC)C(=O)OC. The normalized spacial score (nSPS) is 13.6. The standard InChI is InChI=1S/C11H20FNO5/c1-4-5-9(12)18-11(15)13-8(6-7-16-2)10(14)17-3/h8-9H,4-7H2,1-3H3,(H,13,15). The van der Waals surface area contributed by atoms with Crippen LogP contribution in [0.3, 0.4) is 0 Å². The van der Waals surface area contributed by atoms with Crippen molar-refractivity contribution >= 4 is 12.1 Å². The van der Waals surface area contributed by atoms with Crippen molar-refractivity contribution in [3.63, 3.8) is 0 Å². The lowest BCUT2D eigenvalue weighted by atomic mass is 10.2. The first-order valence-electron chi connectivity index (χ1n) is 5.73. The first-order chi connectivity index (χ1) is 8.54. The average molecular weight is 265 g/mol. The van der Waals surface area contributed by atoms with E-state index in [1.807, 2.05) is 0 Å². The molecule has 1 amide bonds. The van der Waals surface area contributed by atoms with Crippen LogP contribution in [0.15, 0.2) is 0 Å². The Morgan fingerprint density at radius 1 is 1.28 bits per heavy atom. The number of hydrogen-bond acceptors (Lipinski definition) is 5. The molecule has 0 saturated heterocycles. The lowest BCUT2D eigenvalue weighted by molar-refractivity contribution is -0.143. The van der Waals surface area contributed by atoms with Gasteiger partial charge in [0.2, 0.25) is 6.36 Å². The summed E-state index contributed by atoms with van der Waals surface area (Å²) in [5, 5.41) is 2.24. The molecule has 0 aromatic heterocycles. The van der Waals surface area contributed by atoms with Crippen molar-refractivity contribution in [2.45, 2.75) is 38.6 Å². The molecule has 6 nitrogen and oxygen atoms in total. The Balaban J connectivity index is 4.21. The van der Waals surface area contributed by atoms with Crippen molar-refractivity contribution in [2.75, 3.05) is 20.8 Å². The molecule has 0 fully saturated rings. The Labute approximate surface area is 106 Å². The number of carbonyl (C=O) groups excluding carboxylic acids is 2. The highest BCUT2D eigenvalue weighted by Gasteiger charge is 2.23. The quantitative estimate of drug-likeness (QED) is 0.671. The van der Waals surface area contributed by atoms with Crippen LogP contribution in [0, 0.1) is 0 Å². The second kappa shape index (κ2) is 9.64. The van der Waals surface area contributed by atoms with Gasteiger partial charge in [-0.05, 0) is 6.42 Å². The molecular formula is C11H20FNO5. The molecule has 2 atom stereocenters. The fourth-order valence-corrected chi connectivity index (χ4v) is 1.21. The number of ether oxygens (including phenoxy) is 3. The van der Waals surface area contributed by atoms with E-state index >= 15 is 0 Å². The average Bonchev–Trinajstić information content (AvgIpc) is 2.33. The molecule has 0 rings (SSSR count). The second-order valence-electron chi connectivity index (χ2n) is 3.61. The Bertz CT molecular complexity index is 262. The van der Waals surface area contributed by atoms with Crippen LogP contribution >= 0.6 is 0 Å². The van der Waals surface area contributed by atoms with Crippen LogP contribution in [0.2, 0.25) is 0 Å². The fourth-order valence-electron chi connectivity index (χ4n) is 1.21. The van der Waals surface area contributed by atoms with E-state index in [1.165, 1.54) is 14.2 Å². The summed E-state index contributed by atoms with van der Waals surface area (Å²) in [7, 11) is 2.66. The van der Waals surface area contributed by atoms with Gasteiger partial charge >= 0.3 is 12.1 Å². The number of hydrogen-bond donors (Lipinski definition) is 1. The number of esters is 1. The van der Waals surface area contributed by atoms with E-state index in [0.717, 1.165) is 0 Å². The molecule has 0 aliphatic carbocycles. The maximum absolute atomic E-state index is 13.0. The van der Waals surface area contributed by atoms with Crippen LogP contribution in [-0.4, -0.2) is 45.3 Å². The monoisotopic (exact) mass is 265 g/mol. The molecule has 0 heterocycles. The summed E-state index contributed by atoms with van der Waals surface area (Å²) in [6.07, 6.45) is -1.76. The van der Waals surface area contributed by atoms with Gasteiger partial charge in [0.15, 0.2) is 0 Å². The van der Waals surface area contributed by atoms with Gasteiger partial charge in [-0.1, -0.05) is 6.92 Å². The van der Waals surface area contributed by atoms with Crippen LogP contribution in [-0.2, 0) is 19.0 Å². The Morgan fingerprint density at radius 3 is 2.44 bits per heavy atom. The summed E-state index contributed by atoms with van der Waals surface area (Å²) in [5.41, 5.74) is 0. The minimum atomic E-state index is -1.67. The third kappa shape index (κ3) is 7.05. The van der Waals surface area contributed by atoms with Gasteiger partial charge in [0.1, 0.15) is 6.04 Å². The van der Waals surface area contributed by atoms with E-state index in [9.17, 15) is 14.0 Å². The zero-order valence-corrected chi connectivity index (χ0v) is 10.9. The van der Waals surface area contributed by atoms with Gasteiger partial charge in [-0.25, -0.2) is 14.0 Å². The summed E-state index contributed by atoms with van der Waals surface area (Å²) in [6.45, 7) is 2.03. The first kappa shape index (κ1) is 16.6. The molecule has 0 aliphatic heterocycles. The topological polar surface area (TPSA) is 73.9 Å². The molecule has 18 heavy (non-hydrogen) atoms. The number of rotatable bonds is 8. The molecule has 0 bridgehead atoms. The minimum Gasteiger partial charge on any atom is -0.467 e. The predicted molar refractivity (Wildman–Crippen MR) is 61.7 cm³/mol. The van der Waals surface area contributed by atoms with E-state index in [0.29, 0.717) is 6.42 Å². The maximum Gasteiger partial charge on any atom is 0.410 e. The molecule has 0 radical (unpaired) electrons. The van der Waals surface area contributed by atoms with Gasteiger partial charge in [-0.15, -0.1) is 0 Å². The number of amides is 1. The Hall–Kier alpha value is -1.37. The van der Waals surface area contributed by atoms with Crippen LogP contribution in [0.5, 0.6) is 0 Å². The number of halogens is 1. The molecule has 0 aliphatic rings. The largest absolute Gasteiger partial charge is 0.467 e. The lowest BCUT2D eigenvalue weighted by Crippen LogP contribution is -2.43. The smallest absolute Gasteiger partial charge is 0.410 e. The number of carbonyl (C=O) groups is 2. The van der Waals surface area contributed by atoms with Gasteiger partial charge in [-0.2, -0.15) is 0 Å². The number of nitrogens with one attached hydrogen (secondary N) is 1. The Morgan fingerprint density at radius 2 is 1.94 bits per heavy atom. The zero-order chi connectivity index (χ0) is 14.0. The van der Waals surface area contributed by atoms with E-state index < -0.39 is 24.5 Å². The van der Waals surface area contributed by atoms with Crippen LogP contribution < -0.4 is 5.32 Å². The van der Waals surface area contributed by atoms with Crippen molar-refractivity contribution in [1.82, 2.24) is 5.32 Å². The molecule has 2 unspecified atom stereocenters. The van der Waals surface area contributed by atoms with E-state index in [4.69, 9.17) is 4.74 Å². The molecule has 7 heteroatoms. The molecule has 1 N–H and O–H groups in total. The first-order valence-corrected chi connectivity index (χ1v) is 5.73. The van der Waals surface area contributed by atoms with Gasteiger partial charge < -0.3 is 19.5 Å². The highest BCUT2D eigenvalue weighted by Crippen LogP contribution is 2.04. The molecule has 0 saturated carbocycles. The van der Waals surface area contributed by atoms with Crippen molar-refractivity contribution in [3.8, 4) is 0 Å². The van der Waals surface area contributed by atoms with Gasteiger partial charge in [0.05, 0.1) is 7.11 Å². The minimum absolute atomic E-state index is 0.119. The molecule has 0 spiro atoms. The predicted octanol–water partition coefficient (Wildman–Crippen LogP) is 1.39. The zero-order valence-electron chi connectivity index (χ0n) is 10.9. The third-order valence-corrected chi connectivity index (χ3v) is 2.14. The maximum atomic E-state index is 13.0. The van der Waals surface area contributed by atoms with Crippen LogP contribution in [0.25, 0.3) is 0 Å². The number of methoxy groups -OCH3 is 2. The molecule has 106 valence electrons. The van der Waals surface area contributed by atoms with Crippen molar-refractivity contribution < 1.29 is 28.2 Å². The molecule has 0 aromatic rings. The third-order valence-electron chi connectivity index (χ3n) is 2.14. The van der Waals surface area contributed by atoms with Crippen molar-refractivity contribution in [2.24, 2.45) is 0 Å². The summed E-state index contributed by atoms with van der Waals surface area (Å²) < 4.78 is 26.7. The van der Waals surface area contributed by atoms with Gasteiger partial charge in [0.25, 0.3) is 0 Å². The van der Waals surface area contributed by atoms with E-state index in [1.54, 1.807) is 6.92 Å². The Kier molecular flexibility index (Phi) is 8.91. The summed E-state index contributed by atoms with van der Waals surface area (Å²) in [5.74, 6) is -0.630. The highest BCUT2D eigenvalue weighted by molar-refractivity contribution is 5.81. The molecular weight excluding hydrogens is 245 g/mol. The second-order valence-corrected chi connectivity index (χ2v) is 3.61. The van der Waals surface area contributed by atoms with Gasteiger partial charge in [0, 0.05) is 26.6 Å². The van der Waals surface area contributed by atoms with E-state index in [-0.39, 0.29) is 19.4 Å². The van der Waals surface area contributed by atoms with Crippen LogP contribution in [0.1, 0.15) is 26.2 Å². The molecule has 0 aromatic carbocycles. The van der Waals surface area contributed by atoms with E-state index in [2.05, 4.69) is 14.8 Å². The lowest BCUT2D eigenvalue weighted by Gasteiger charge is -2.17.